The van der Waals surface area contributed by atoms with Gasteiger partial charge in [0.25, 0.3) is 0 Å². The molecule has 0 aliphatic rings. The molecular formula is C44H28. The van der Waals surface area contributed by atoms with Gasteiger partial charge in [-0.15, -0.1) is 0 Å². The molecule has 0 aliphatic heterocycles. The van der Waals surface area contributed by atoms with Crippen LogP contribution in [0, 0.1) is 0 Å². The molecule has 0 atom stereocenters. The minimum absolute atomic E-state index is 1.24. The van der Waals surface area contributed by atoms with Crippen molar-refractivity contribution < 1.29 is 0 Å². The molecule has 44 heavy (non-hydrogen) atoms. The predicted molar refractivity (Wildman–Crippen MR) is 189 cm³/mol. The summed E-state index contributed by atoms with van der Waals surface area (Å²) in [5, 5.41) is 10.5. The summed E-state index contributed by atoms with van der Waals surface area (Å²) in [5.41, 5.74) is 9.98. The van der Waals surface area contributed by atoms with E-state index in [1.54, 1.807) is 0 Å². The van der Waals surface area contributed by atoms with Crippen molar-refractivity contribution in [2.45, 2.75) is 0 Å². The van der Waals surface area contributed by atoms with Crippen molar-refractivity contribution in [1.82, 2.24) is 0 Å². The zero-order valence-corrected chi connectivity index (χ0v) is 24.2. The average molecular weight is 557 g/mol. The van der Waals surface area contributed by atoms with Gasteiger partial charge in [0.1, 0.15) is 0 Å². The maximum absolute atomic E-state index is 2.34. The van der Waals surface area contributed by atoms with Crippen molar-refractivity contribution in [3.63, 3.8) is 0 Å². The number of hydrogen-bond acceptors (Lipinski definition) is 0. The van der Waals surface area contributed by atoms with Gasteiger partial charge >= 0.3 is 0 Å². The van der Waals surface area contributed by atoms with Crippen LogP contribution in [0.15, 0.2) is 170 Å². The van der Waals surface area contributed by atoms with E-state index in [1.807, 2.05) is 0 Å². The monoisotopic (exact) mass is 556 g/mol. The first-order chi connectivity index (χ1) is 21.8. The smallest absolute Gasteiger partial charge is 0.00201 e. The lowest BCUT2D eigenvalue weighted by Crippen LogP contribution is -1.91. The molecule has 0 saturated heterocycles. The SMILES string of the molecule is c1ccc(-c2cccc(-c3ccc4c5ccc(-c6cccc(-c7ccccc7)c6)c6cccc(c7cccc3c74)c65)c2)cc1. The summed E-state index contributed by atoms with van der Waals surface area (Å²) in [6.07, 6.45) is 0. The van der Waals surface area contributed by atoms with Crippen LogP contribution in [0.5, 0.6) is 0 Å². The Hall–Kier alpha value is -5.72. The van der Waals surface area contributed by atoms with Gasteiger partial charge in [0.15, 0.2) is 0 Å². The molecule has 9 aromatic carbocycles. The Balaban J connectivity index is 1.27. The van der Waals surface area contributed by atoms with Crippen LogP contribution in [0.25, 0.3) is 87.6 Å². The van der Waals surface area contributed by atoms with Gasteiger partial charge in [-0.1, -0.05) is 158 Å². The first-order valence-corrected chi connectivity index (χ1v) is 15.3. The fourth-order valence-electron chi connectivity index (χ4n) is 7.21. The van der Waals surface area contributed by atoms with E-state index in [-0.39, 0.29) is 0 Å². The number of hydrogen-bond donors (Lipinski definition) is 0. The normalized spacial score (nSPS) is 11.6. The van der Waals surface area contributed by atoms with E-state index in [0.717, 1.165) is 0 Å². The lowest BCUT2D eigenvalue weighted by atomic mass is 9.85. The Morgan fingerprint density at radius 2 is 0.545 bits per heavy atom. The Morgan fingerprint density at radius 1 is 0.205 bits per heavy atom. The third kappa shape index (κ3) is 3.85. The third-order valence-corrected chi connectivity index (χ3v) is 9.22. The van der Waals surface area contributed by atoms with E-state index < -0.39 is 0 Å². The number of fused-ring (bicyclic) bond motifs is 2. The van der Waals surface area contributed by atoms with Gasteiger partial charge in [-0.2, -0.15) is 0 Å². The maximum atomic E-state index is 2.34. The molecule has 0 heteroatoms. The maximum Gasteiger partial charge on any atom is -0.00201 e. The summed E-state index contributed by atoms with van der Waals surface area (Å²) >= 11 is 0. The summed E-state index contributed by atoms with van der Waals surface area (Å²) in [6.45, 7) is 0. The quantitative estimate of drug-likeness (QED) is 0.149. The average Bonchev–Trinajstić information content (AvgIpc) is 3.11. The van der Waals surface area contributed by atoms with Crippen LogP contribution in [0.1, 0.15) is 0 Å². The second-order valence-corrected chi connectivity index (χ2v) is 11.7. The lowest BCUT2D eigenvalue weighted by Gasteiger charge is -2.18. The molecule has 0 fully saturated rings. The molecule has 0 bridgehead atoms. The first kappa shape index (κ1) is 24.8. The van der Waals surface area contributed by atoms with Crippen molar-refractivity contribution in [2.24, 2.45) is 0 Å². The topological polar surface area (TPSA) is 0 Å². The van der Waals surface area contributed by atoms with Crippen LogP contribution in [0.3, 0.4) is 0 Å². The Morgan fingerprint density at radius 3 is 1.00 bits per heavy atom. The van der Waals surface area contributed by atoms with Gasteiger partial charge in [-0.25, -0.2) is 0 Å². The Bertz CT molecular complexity index is 2270. The molecule has 0 nitrogen and oxygen atoms in total. The largest absolute Gasteiger partial charge is 0.0622 e. The highest BCUT2D eigenvalue weighted by molar-refractivity contribution is 6.35. The van der Waals surface area contributed by atoms with Gasteiger partial charge in [-0.05, 0) is 99.7 Å². The molecule has 0 amide bonds. The van der Waals surface area contributed by atoms with Crippen molar-refractivity contribution in [3.8, 4) is 44.5 Å². The standard InChI is InChI=1S/C44H28/c1-3-11-29(12-4-1)31-15-7-17-33(27-31)35-23-25-41-42-26-24-36(34-18-8-16-32(28-34)30-13-5-2-6-14-30)38-20-10-22-40(44(38)42)39-21-9-19-37(35)43(39)41/h1-28H. The van der Waals surface area contributed by atoms with Gasteiger partial charge in [-0.3, -0.25) is 0 Å². The summed E-state index contributed by atoms with van der Waals surface area (Å²) in [7, 11) is 0. The molecule has 9 rings (SSSR count). The Kier molecular flexibility index (Phi) is 5.61. The van der Waals surface area contributed by atoms with Crippen molar-refractivity contribution >= 4 is 43.1 Å². The molecule has 0 spiro atoms. The van der Waals surface area contributed by atoms with Gasteiger partial charge < -0.3 is 0 Å². The highest BCUT2D eigenvalue weighted by Gasteiger charge is 2.17. The van der Waals surface area contributed by atoms with Crippen molar-refractivity contribution in [3.05, 3.63) is 170 Å². The second-order valence-electron chi connectivity index (χ2n) is 11.7. The molecule has 9 aromatic rings. The predicted octanol–water partition coefficient (Wildman–Crippen LogP) is 12.4. The van der Waals surface area contributed by atoms with E-state index in [0.29, 0.717) is 0 Å². The van der Waals surface area contributed by atoms with E-state index >= 15 is 0 Å². The van der Waals surface area contributed by atoms with E-state index in [2.05, 4.69) is 170 Å². The minimum Gasteiger partial charge on any atom is -0.0622 e. The number of rotatable bonds is 4. The zero-order chi connectivity index (χ0) is 29.0. The third-order valence-electron chi connectivity index (χ3n) is 9.22. The highest BCUT2D eigenvalue weighted by atomic mass is 14.2. The highest BCUT2D eigenvalue weighted by Crippen LogP contribution is 2.45. The molecule has 204 valence electrons. The van der Waals surface area contributed by atoms with Crippen molar-refractivity contribution in [1.29, 1.82) is 0 Å². The van der Waals surface area contributed by atoms with Crippen LogP contribution in [0.4, 0.5) is 0 Å². The minimum atomic E-state index is 1.24. The van der Waals surface area contributed by atoms with Gasteiger partial charge in [0.05, 0.1) is 0 Å². The number of benzene rings is 9. The van der Waals surface area contributed by atoms with E-state index in [4.69, 9.17) is 0 Å². The second kappa shape index (κ2) is 9.93. The Labute approximate surface area is 256 Å². The molecule has 0 saturated carbocycles. The van der Waals surface area contributed by atoms with E-state index in [9.17, 15) is 0 Å². The summed E-state index contributed by atoms with van der Waals surface area (Å²) < 4.78 is 0. The summed E-state index contributed by atoms with van der Waals surface area (Å²) in [6, 6.07) is 62.2. The lowest BCUT2D eigenvalue weighted by molar-refractivity contribution is 1.60. The molecule has 0 radical (unpaired) electrons. The van der Waals surface area contributed by atoms with Crippen LogP contribution in [0.2, 0.25) is 0 Å². The van der Waals surface area contributed by atoms with Gasteiger partial charge in [0.2, 0.25) is 0 Å². The molecule has 0 heterocycles. The molecule has 0 aliphatic carbocycles. The van der Waals surface area contributed by atoms with Gasteiger partial charge in [0, 0.05) is 0 Å². The molecule has 0 N–H and O–H groups in total. The molecule has 0 unspecified atom stereocenters. The van der Waals surface area contributed by atoms with Crippen LogP contribution >= 0.6 is 0 Å². The van der Waals surface area contributed by atoms with Crippen LogP contribution in [-0.4, -0.2) is 0 Å². The summed E-state index contributed by atoms with van der Waals surface area (Å²) in [4.78, 5) is 0. The molecular weight excluding hydrogens is 528 g/mol. The first-order valence-electron chi connectivity index (χ1n) is 15.3. The molecule has 0 aromatic heterocycles. The fourth-order valence-corrected chi connectivity index (χ4v) is 7.21. The van der Waals surface area contributed by atoms with E-state index in [1.165, 1.54) is 87.6 Å². The zero-order valence-electron chi connectivity index (χ0n) is 24.2. The fraction of sp³-hybridized carbons (Fsp3) is 0. The van der Waals surface area contributed by atoms with Crippen molar-refractivity contribution in [2.75, 3.05) is 0 Å². The van der Waals surface area contributed by atoms with Crippen LogP contribution in [-0.2, 0) is 0 Å². The van der Waals surface area contributed by atoms with Crippen LogP contribution < -0.4 is 0 Å². The summed E-state index contributed by atoms with van der Waals surface area (Å²) in [5.74, 6) is 0.